The number of aromatic carboxylic acids is 1. The van der Waals surface area contributed by atoms with E-state index in [4.69, 9.17) is 0 Å². The van der Waals surface area contributed by atoms with Gasteiger partial charge in [-0.2, -0.15) is 0 Å². The zero-order valence-corrected chi connectivity index (χ0v) is 10.2. The highest BCUT2D eigenvalue weighted by Gasteiger charge is 2.37. The van der Waals surface area contributed by atoms with Crippen LogP contribution in [0, 0.1) is 0 Å². The third-order valence-corrected chi connectivity index (χ3v) is 3.51. The second kappa shape index (κ2) is 4.69. The first-order chi connectivity index (χ1) is 8.50. The number of amides is 2. The van der Waals surface area contributed by atoms with Crippen molar-refractivity contribution in [2.24, 2.45) is 0 Å². The quantitative estimate of drug-likeness (QED) is 0.834. The first-order valence-electron chi connectivity index (χ1n) is 5.06. The summed E-state index contributed by atoms with van der Waals surface area (Å²) < 4.78 is 0. The van der Waals surface area contributed by atoms with E-state index in [2.05, 4.69) is 5.32 Å². The molecular weight excluding hydrogens is 256 g/mol. The molecule has 1 saturated heterocycles. The van der Waals surface area contributed by atoms with Crippen LogP contribution >= 0.6 is 11.8 Å². The Hall–Kier alpha value is -2.02. The van der Waals surface area contributed by atoms with Crippen molar-refractivity contribution in [2.45, 2.75) is 5.37 Å². The van der Waals surface area contributed by atoms with E-state index in [0.29, 0.717) is 0 Å². The van der Waals surface area contributed by atoms with E-state index >= 15 is 0 Å². The van der Waals surface area contributed by atoms with Gasteiger partial charge in [0.05, 0.1) is 5.97 Å². The van der Waals surface area contributed by atoms with Crippen LogP contribution in [0.4, 0.5) is 10.5 Å². The normalized spacial score (nSPS) is 19.2. The number of nitrogens with zero attached hydrogens (tertiary/aromatic N) is 1. The molecular formula is C11H9N2O4S-. The van der Waals surface area contributed by atoms with Crippen LogP contribution in [-0.2, 0) is 4.79 Å². The molecule has 1 aliphatic rings. The van der Waals surface area contributed by atoms with E-state index in [1.165, 1.54) is 19.2 Å². The van der Waals surface area contributed by atoms with Crippen molar-refractivity contribution in [1.29, 1.82) is 0 Å². The van der Waals surface area contributed by atoms with E-state index in [0.717, 1.165) is 16.7 Å². The Morgan fingerprint density at radius 1 is 1.39 bits per heavy atom. The molecule has 1 atom stereocenters. The molecule has 1 N–H and O–H groups in total. The number of hydrogen-bond acceptors (Lipinski definition) is 6. The molecule has 0 aliphatic carbocycles. The maximum atomic E-state index is 11.7. The number of carbonyl (C=O) groups is 3. The van der Waals surface area contributed by atoms with Gasteiger partial charge in [0.1, 0.15) is 0 Å². The highest BCUT2D eigenvalue weighted by molar-refractivity contribution is 8.15. The molecule has 7 heteroatoms. The van der Waals surface area contributed by atoms with Crippen LogP contribution in [0.1, 0.15) is 10.4 Å². The van der Waals surface area contributed by atoms with E-state index in [9.17, 15) is 19.5 Å². The summed E-state index contributed by atoms with van der Waals surface area (Å²) in [5.41, 5.74) is 0.208. The zero-order valence-electron chi connectivity index (χ0n) is 9.38. The molecule has 1 aromatic carbocycles. The Balaban J connectivity index is 2.23. The third-order valence-electron chi connectivity index (χ3n) is 2.48. The summed E-state index contributed by atoms with van der Waals surface area (Å²) in [6.07, 6.45) is 0. The summed E-state index contributed by atoms with van der Waals surface area (Å²) in [7, 11) is 1.38. The van der Waals surface area contributed by atoms with Crippen molar-refractivity contribution in [3.63, 3.8) is 0 Å². The van der Waals surface area contributed by atoms with Crippen LogP contribution < -0.4 is 10.4 Å². The number of carboxylic acid groups (broad SMARTS) is 1. The van der Waals surface area contributed by atoms with Crippen LogP contribution in [-0.4, -0.2) is 34.4 Å². The zero-order chi connectivity index (χ0) is 13.3. The van der Waals surface area contributed by atoms with Crippen molar-refractivity contribution in [3.8, 4) is 0 Å². The molecule has 0 aromatic heterocycles. The van der Waals surface area contributed by atoms with Crippen LogP contribution in [0.3, 0.4) is 0 Å². The molecule has 1 aliphatic heterocycles. The first kappa shape index (κ1) is 12.4. The lowest BCUT2D eigenvalue weighted by atomic mass is 10.2. The Labute approximate surface area is 107 Å². The van der Waals surface area contributed by atoms with Gasteiger partial charge in [-0.05, 0) is 17.8 Å². The maximum absolute atomic E-state index is 11.7. The van der Waals surface area contributed by atoms with Crippen molar-refractivity contribution >= 4 is 34.6 Å². The number of para-hydroxylation sites is 1. The molecule has 0 bridgehead atoms. The molecule has 0 radical (unpaired) electrons. The lowest BCUT2D eigenvalue weighted by Crippen LogP contribution is -2.32. The predicted molar refractivity (Wildman–Crippen MR) is 63.9 cm³/mol. The van der Waals surface area contributed by atoms with E-state index in [1.54, 1.807) is 12.1 Å². The number of carbonyl (C=O) groups excluding carboxylic acids is 3. The van der Waals surface area contributed by atoms with Crippen LogP contribution in [0.15, 0.2) is 24.3 Å². The predicted octanol–water partition coefficient (Wildman–Crippen LogP) is 0.113. The smallest absolute Gasteiger partial charge is 0.290 e. The minimum absolute atomic E-state index is 0.0482. The second-order valence-corrected chi connectivity index (χ2v) is 4.69. The van der Waals surface area contributed by atoms with Gasteiger partial charge in [-0.3, -0.25) is 14.5 Å². The van der Waals surface area contributed by atoms with Crippen molar-refractivity contribution in [3.05, 3.63) is 29.8 Å². The lowest BCUT2D eigenvalue weighted by molar-refractivity contribution is -0.254. The van der Waals surface area contributed by atoms with E-state index < -0.39 is 17.3 Å². The fourth-order valence-electron chi connectivity index (χ4n) is 1.52. The summed E-state index contributed by atoms with van der Waals surface area (Å²) >= 11 is 0.810. The van der Waals surface area contributed by atoms with Crippen molar-refractivity contribution in [1.82, 2.24) is 4.90 Å². The Morgan fingerprint density at radius 2 is 2.06 bits per heavy atom. The van der Waals surface area contributed by atoms with Gasteiger partial charge in [0.2, 0.25) is 0 Å². The standard InChI is InChI=1S/C11H10N2O4S/c1-13-9(14)8(18-11(13)17)12-7-5-3-2-4-6(7)10(15)16/h2-5,8,12H,1H3,(H,15,16)/p-1/t8-/m1/s1. The van der Waals surface area contributed by atoms with Gasteiger partial charge < -0.3 is 15.2 Å². The van der Waals surface area contributed by atoms with Crippen molar-refractivity contribution in [2.75, 3.05) is 12.4 Å². The largest absolute Gasteiger partial charge is 0.545 e. The van der Waals surface area contributed by atoms with E-state index in [1.807, 2.05) is 0 Å². The first-order valence-corrected chi connectivity index (χ1v) is 5.94. The molecule has 2 amide bonds. The highest BCUT2D eigenvalue weighted by Crippen LogP contribution is 2.27. The Morgan fingerprint density at radius 3 is 2.61 bits per heavy atom. The number of anilines is 1. The highest BCUT2D eigenvalue weighted by atomic mass is 32.2. The fraction of sp³-hybridized carbons (Fsp3) is 0.182. The van der Waals surface area contributed by atoms with Gasteiger partial charge in [-0.1, -0.05) is 18.2 Å². The number of benzene rings is 1. The van der Waals surface area contributed by atoms with Crippen LogP contribution in [0.25, 0.3) is 0 Å². The minimum Gasteiger partial charge on any atom is -0.545 e. The molecule has 94 valence electrons. The van der Waals surface area contributed by atoms with Gasteiger partial charge >= 0.3 is 0 Å². The van der Waals surface area contributed by atoms with Gasteiger partial charge in [0.25, 0.3) is 11.1 Å². The second-order valence-electron chi connectivity index (χ2n) is 3.64. The number of carboxylic acids is 1. The van der Waals surface area contributed by atoms with Gasteiger partial charge in [0.15, 0.2) is 5.37 Å². The van der Waals surface area contributed by atoms with Crippen LogP contribution in [0.5, 0.6) is 0 Å². The summed E-state index contributed by atoms with van der Waals surface area (Å²) in [6, 6.07) is 6.07. The lowest BCUT2D eigenvalue weighted by Gasteiger charge is -2.15. The molecule has 1 fully saturated rings. The summed E-state index contributed by atoms with van der Waals surface area (Å²) in [4.78, 5) is 34.8. The Bertz CT molecular complexity index is 532. The Kier molecular flexibility index (Phi) is 3.24. The summed E-state index contributed by atoms with van der Waals surface area (Å²) in [5, 5.41) is 12.4. The number of hydrogen-bond donors (Lipinski definition) is 1. The summed E-state index contributed by atoms with van der Waals surface area (Å²) in [5.74, 6) is -1.74. The number of nitrogens with one attached hydrogen (secondary N) is 1. The number of rotatable bonds is 3. The minimum atomic E-state index is -1.34. The van der Waals surface area contributed by atoms with Crippen molar-refractivity contribution < 1.29 is 19.5 Å². The molecule has 1 aromatic rings. The monoisotopic (exact) mass is 265 g/mol. The topological polar surface area (TPSA) is 89.5 Å². The molecule has 6 nitrogen and oxygen atoms in total. The third kappa shape index (κ3) is 2.17. The molecule has 18 heavy (non-hydrogen) atoms. The number of thioether (sulfide) groups is 1. The molecule has 2 rings (SSSR count). The van der Waals surface area contributed by atoms with Gasteiger partial charge in [-0.25, -0.2) is 0 Å². The molecule has 0 unspecified atom stereocenters. The number of likely N-dealkylation sites (N-methyl/N-ethyl adjacent to an activating group) is 1. The molecule has 0 spiro atoms. The number of imide groups is 1. The molecule has 1 heterocycles. The average molecular weight is 265 g/mol. The van der Waals surface area contributed by atoms with Crippen LogP contribution in [0.2, 0.25) is 0 Å². The maximum Gasteiger partial charge on any atom is 0.290 e. The fourth-order valence-corrected chi connectivity index (χ4v) is 2.41. The van der Waals surface area contributed by atoms with Gasteiger partial charge in [-0.15, -0.1) is 0 Å². The average Bonchev–Trinajstić information content (AvgIpc) is 2.57. The SMILES string of the molecule is CN1C(=O)S[C@@H](Nc2ccccc2C(=O)[O-])C1=O. The molecule has 0 saturated carbocycles. The van der Waals surface area contributed by atoms with Gasteiger partial charge in [0, 0.05) is 18.3 Å². The summed E-state index contributed by atoms with van der Waals surface area (Å²) in [6.45, 7) is 0. The van der Waals surface area contributed by atoms with E-state index in [-0.39, 0.29) is 16.5 Å².